The van der Waals surface area contributed by atoms with Gasteiger partial charge in [-0.15, -0.1) is 0 Å². The van der Waals surface area contributed by atoms with Gasteiger partial charge in [-0.1, -0.05) is 92.2 Å². The Morgan fingerprint density at radius 3 is 2.38 bits per heavy atom. The molecule has 1 aromatic heterocycles. The van der Waals surface area contributed by atoms with Gasteiger partial charge in [0.2, 0.25) is 0 Å². The van der Waals surface area contributed by atoms with Crippen molar-refractivity contribution in [2.24, 2.45) is 0 Å². The number of nitrogens with zero attached hydrogens (tertiary/aromatic N) is 2. The van der Waals surface area contributed by atoms with Crippen LogP contribution in [0.5, 0.6) is 0 Å². The van der Waals surface area contributed by atoms with Crippen molar-refractivity contribution < 1.29 is 0 Å². The van der Waals surface area contributed by atoms with Gasteiger partial charge in [0, 0.05) is 18.0 Å². The van der Waals surface area contributed by atoms with Crippen LogP contribution in [0, 0.1) is 0 Å². The lowest BCUT2D eigenvalue weighted by Crippen LogP contribution is -1.99. The summed E-state index contributed by atoms with van der Waals surface area (Å²) in [4.78, 5) is 0. The zero-order valence-electron chi connectivity index (χ0n) is 16.8. The normalized spacial score (nSPS) is 11.2. The smallest absolute Gasteiger partial charge is 0.0729 e. The molecule has 2 heteroatoms. The Morgan fingerprint density at radius 1 is 0.828 bits per heavy atom. The van der Waals surface area contributed by atoms with Gasteiger partial charge in [0.15, 0.2) is 0 Å². The van der Waals surface area contributed by atoms with E-state index in [1.54, 1.807) is 0 Å². The fourth-order valence-corrected chi connectivity index (χ4v) is 3.58. The summed E-state index contributed by atoms with van der Waals surface area (Å²) in [6.07, 6.45) is 11.8. The number of aromatic nitrogens is 2. The standard InChI is InChI=1S/C27H26N2/c1-2-3-9-23-15-18-25(19-16-23)27-24(17-14-22-10-5-4-6-11-22)12-7-13-26(27)29-21-8-20-28-29/h4-8,10-21H,2-3,9H2,1H3. The molecule has 4 aromatic rings. The number of hydrogen-bond acceptors (Lipinski definition) is 1. The molecule has 4 rings (SSSR count). The van der Waals surface area contributed by atoms with Crippen LogP contribution < -0.4 is 0 Å². The van der Waals surface area contributed by atoms with Crippen LogP contribution in [0.15, 0.2) is 91.3 Å². The number of rotatable bonds is 7. The van der Waals surface area contributed by atoms with E-state index in [2.05, 4.69) is 90.9 Å². The molecule has 29 heavy (non-hydrogen) atoms. The fourth-order valence-electron chi connectivity index (χ4n) is 3.58. The van der Waals surface area contributed by atoms with E-state index in [9.17, 15) is 0 Å². The summed E-state index contributed by atoms with van der Waals surface area (Å²) in [6.45, 7) is 2.24. The topological polar surface area (TPSA) is 17.8 Å². The van der Waals surface area contributed by atoms with Crippen LogP contribution in [-0.2, 0) is 6.42 Å². The van der Waals surface area contributed by atoms with Crippen molar-refractivity contribution in [3.05, 3.63) is 108 Å². The minimum absolute atomic E-state index is 1.09. The predicted molar refractivity (Wildman–Crippen MR) is 123 cm³/mol. The van der Waals surface area contributed by atoms with Crippen LogP contribution in [0.3, 0.4) is 0 Å². The van der Waals surface area contributed by atoms with Crippen molar-refractivity contribution in [3.8, 4) is 16.8 Å². The average Bonchev–Trinajstić information content (AvgIpc) is 3.32. The van der Waals surface area contributed by atoms with E-state index in [1.807, 2.05) is 29.2 Å². The Morgan fingerprint density at radius 2 is 1.66 bits per heavy atom. The molecule has 0 aliphatic rings. The first kappa shape index (κ1) is 18.9. The van der Waals surface area contributed by atoms with E-state index < -0.39 is 0 Å². The van der Waals surface area contributed by atoms with Gasteiger partial charge in [-0.3, -0.25) is 0 Å². The van der Waals surface area contributed by atoms with Crippen LogP contribution in [0.2, 0.25) is 0 Å². The SMILES string of the molecule is CCCCc1ccc(-c2c(C=Cc3ccccc3)cccc2-n2cccn2)cc1. The second-order valence-corrected chi connectivity index (χ2v) is 7.24. The zero-order chi connectivity index (χ0) is 19.9. The third kappa shape index (κ3) is 4.55. The highest BCUT2D eigenvalue weighted by molar-refractivity contribution is 5.85. The summed E-state index contributed by atoms with van der Waals surface area (Å²) in [7, 11) is 0. The molecule has 0 atom stereocenters. The van der Waals surface area contributed by atoms with Gasteiger partial charge in [-0.05, 0) is 47.2 Å². The van der Waals surface area contributed by atoms with Gasteiger partial charge >= 0.3 is 0 Å². The molecule has 0 N–H and O–H groups in total. The molecule has 0 spiro atoms. The Balaban J connectivity index is 1.78. The van der Waals surface area contributed by atoms with Gasteiger partial charge in [0.25, 0.3) is 0 Å². The molecule has 1 heterocycles. The zero-order valence-corrected chi connectivity index (χ0v) is 16.8. The van der Waals surface area contributed by atoms with Gasteiger partial charge in [0.05, 0.1) is 5.69 Å². The average molecular weight is 379 g/mol. The number of hydrogen-bond donors (Lipinski definition) is 0. The Kier molecular flexibility index (Phi) is 6.01. The molecule has 0 unspecified atom stereocenters. The van der Waals surface area contributed by atoms with E-state index in [-0.39, 0.29) is 0 Å². The van der Waals surface area contributed by atoms with Crippen molar-refractivity contribution in [1.29, 1.82) is 0 Å². The highest BCUT2D eigenvalue weighted by Crippen LogP contribution is 2.32. The molecular formula is C27H26N2. The maximum Gasteiger partial charge on any atom is 0.0729 e. The van der Waals surface area contributed by atoms with Gasteiger partial charge in [-0.25, -0.2) is 4.68 Å². The quantitative estimate of drug-likeness (QED) is 0.315. The van der Waals surface area contributed by atoms with E-state index >= 15 is 0 Å². The minimum atomic E-state index is 1.09. The monoisotopic (exact) mass is 378 g/mol. The molecule has 144 valence electrons. The third-order valence-corrected chi connectivity index (χ3v) is 5.14. The largest absolute Gasteiger partial charge is 0.240 e. The predicted octanol–water partition coefficient (Wildman–Crippen LogP) is 7.05. The van der Waals surface area contributed by atoms with Crippen LogP contribution >= 0.6 is 0 Å². The van der Waals surface area contributed by atoms with Gasteiger partial charge < -0.3 is 0 Å². The molecule has 0 aliphatic carbocycles. The second-order valence-electron chi connectivity index (χ2n) is 7.24. The molecule has 3 aromatic carbocycles. The molecule has 0 bridgehead atoms. The third-order valence-electron chi connectivity index (χ3n) is 5.14. The molecule has 0 aliphatic heterocycles. The summed E-state index contributed by atoms with van der Waals surface area (Å²) in [5.41, 5.74) is 7.27. The minimum Gasteiger partial charge on any atom is -0.240 e. The summed E-state index contributed by atoms with van der Waals surface area (Å²) < 4.78 is 1.94. The number of benzene rings is 3. The van der Waals surface area contributed by atoms with Crippen LogP contribution in [0.25, 0.3) is 29.0 Å². The molecule has 0 saturated heterocycles. The van der Waals surface area contributed by atoms with Gasteiger partial charge in [0.1, 0.15) is 0 Å². The van der Waals surface area contributed by atoms with Crippen molar-refractivity contribution >= 4 is 12.2 Å². The molecule has 0 fully saturated rings. The molecule has 2 nitrogen and oxygen atoms in total. The molecule has 0 saturated carbocycles. The van der Waals surface area contributed by atoms with Crippen LogP contribution in [0.4, 0.5) is 0 Å². The van der Waals surface area contributed by atoms with Crippen LogP contribution in [0.1, 0.15) is 36.5 Å². The number of unbranched alkanes of at least 4 members (excludes halogenated alkanes) is 1. The Labute approximate surface area is 173 Å². The Bertz CT molecular complexity index is 1060. The lowest BCUT2D eigenvalue weighted by molar-refractivity contribution is 0.795. The molecule has 0 amide bonds. The van der Waals surface area contributed by atoms with E-state index in [0.29, 0.717) is 0 Å². The summed E-state index contributed by atoms with van der Waals surface area (Å²) >= 11 is 0. The van der Waals surface area contributed by atoms with E-state index in [4.69, 9.17) is 0 Å². The second kappa shape index (κ2) is 9.20. The van der Waals surface area contributed by atoms with Crippen molar-refractivity contribution in [3.63, 3.8) is 0 Å². The summed E-state index contributed by atoms with van der Waals surface area (Å²) in [6, 6.07) is 27.8. The first-order chi connectivity index (χ1) is 14.3. The van der Waals surface area contributed by atoms with Crippen molar-refractivity contribution in [1.82, 2.24) is 9.78 Å². The maximum atomic E-state index is 4.48. The number of aryl methyl sites for hydroxylation is 1. The highest BCUT2D eigenvalue weighted by atomic mass is 15.3. The first-order valence-electron chi connectivity index (χ1n) is 10.3. The van der Waals surface area contributed by atoms with Crippen LogP contribution in [-0.4, -0.2) is 9.78 Å². The molecular weight excluding hydrogens is 352 g/mol. The molecule has 0 radical (unpaired) electrons. The maximum absolute atomic E-state index is 4.48. The summed E-state index contributed by atoms with van der Waals surface area (Å²) in [5, 5.41) is 4.48. The lowest BCUT2D eigenvalue weighted by Gasteiger charge is -2.14. The highest BCUT2D eigenvalue weighted by Gasteiger charge is 2.11. The summed E-state index contributed by atoms with van der Waals surface area (Å²) in [5.74, 6) is 0. The van der Waals surface area contributed by atoms with Gasteiger partial charge in [-0.2, -0.15) is 5.10 Å². The lowest BCUT2D eigenvalue weighted by atomic mass is 9.95. The van der Waals surface area contributed by atoms with Crippen molar-refractivity contribution in [2.45, 2.75) is 26.2 Å². The van der Waals surface area contributed by atoms with E-state index in [1.165, 1.54) is 40.7 Å². The Hall–Kier alpha value is -3.39. The van der Waals surface area contributed by atoms with Crippen molar-refractivity contribution in [2.75, 3.05) is 0 Å². The van der Waals surface area contributed by atoms with E-state index in [0.717, 1.165) is 12.1 Å². The fraction of sp³-hybridized carbons (Fsp3) is 0.148. The first-order valence-corrected chi connectivity index (χ1v) is 10.3.